The summed E-state index contributed by atoms with van der Waals surface area (Å²) in [7, 11) is 3.03. The second-order valence-electron chi connectivity index (χ2n) is 8.37. The van der Waals surface area contributed by atoms with Gasteiger partial charge >= 0.3 is 0 Å². The van der Waals surface area contributed by atoms with E-state index in [1.54, 1.807) is 31.5 Å². The van der Waals surface area contributed by atoms with Crippen LogP contribution < -0.4 is 26.0 Å². The number of methoxy groups -OCH3 is 2. The minimum absolute atomic E-state index is 0.0934. The van der Waals surface area contributed by atoms with Gasteiger partial charge in [-0.15, -0.1) is 21.5 Å². The van der Waals surface area contributed by atoms with Crippen LogP contribution in [0.3, 0.4) is 0 Å². The van der Waals surface area contributed by atoms with Gasteiger partial charge in [0.2, 0.25) is 11.8 Å². The van der Waals surface area contributed by atoms with Crippen molar-refractivity contribution in [1.29, 1.82) is 0 Å². The van der Waals surface area contributed by atoms with Gasteiger partial charge in [-0.3, -0.25) is 14.4 Å². The predicted molar refractivity (Wildman–Crippen MR) is 143 cm³/mol. The maximum Gasteiger partial charge on any atom is 0.273 e. The van der Waals surface area contributed by atoms with E-state index in [1.165, 1.54) is 24.5 Å². The second-order valence-corrected chi connectivity index (χ2v) is 9.49. The molecule has 1 saturated carbocycles. The minimum atomic E-state index is -2.75. The fraction of sp³-hybridized carbons (Fsp3) is 0.360. The van der Waals surface area contributed by atoms with E-state index < -0.39 is 12.9 Å². The number of ether oxygens (including phenoxy) is 2. The monoisotopic (exact) mass is 542 g/mol. The molecule has 0 bridgehead atoms. The summed E-state index contributed by atoms with van der Waals surface area (Å²) in [5, 5.41) is 18.8. The molecular formula is C25H29N7O5S. The molecule has 4 rings (SSSR count). The molecule has 2 heterocycles. The van der Waals surface area contributed by atoms with Gasteiger partial charge in [0.05, 0.1) is 37.1 Å². The van der Waals surface area contributed by atoms with Crippen molar-refractivity contribution in [2.75, 3.05) is 45.0 Å². The predicted octanol–water partition coefficient (Wildman–Crippen LogP) is 2.37. The van der Waals surface area contributed by atoms with Crippen molar-refractivity contribution >= 4 is 46.3 Å². The second kappa shape index (κ2) is 12.4. The van der Waals surface area contributed by atoms with Crippen molar-refractivity contribution in [2.24, 2.45) is 5.92 Å². The molecule has 38 heavy (non-hydrogen) atoms. The zero-order chi connectivity index (χ0) is 29.6. The Balaban J connectivity index is 1.62. The van der Waals surface area contributed by atoms with Crippen molar-refractivity contribution in [3.63, 3.8) is 0 Å². The van der Waals surface area contributed by atoms with E-state index >= 15 is 0 Å². The van der Waals surface area contributed by atoms with Gasteiger partial charge in [0.25, 0.3) is 5.91 Å². The van der Waals surface area contributed by atoms with Crippen LogP contribution in [0.2, 0.25) is 0 Å². The zero-order valence-electron chi connectivity index (χ0n) is 23.8. The molecule has 3 aromatic rings. The molecule has 1 fully saturated rings. The van der Waals surface area contributed by atoms with Crippen molar-refractivity contribution in [3.05, 3.63) is 41.0 Å². The van der Waals surface area contributed by atoms with Gasteiger partial charge in [0.1, 0.15) is 5.01 Å². The summed E-state index contributed by atoms with van der Waals surface area (Å²) in [5.41, 5.74) is 0.825. The Morgan fingerprint density at radius 1 is 1.18 bits per heavy atom. The molecule has 0 aliphatic heterocycles. The number of thiazole rings is 1. The van der Waals surface area contributed by atoms with E-state index in [2.05, 4.69) is 31.1 Å². The maximum absolute atomic E-state index is 12.8. The lowest BCUT2D eigenvalue weighted by atomic mass is 10.1. The topological polar surface area (TPSA) is 156 Å². The summed E-state index contributed by atoms with van der Waals surface area (Å²) in [6.45, 7) is -1.93. The van der Waals surface area contributed by atoms with Crippen LogP contribution in [0, 0.1) is 5.92 Å². The summed E-state index contributed by atoms with van der Waals surface area (Å²) >= 11 is 1.32. The number of hydrogen-bond donors (Lipinski definition) is 4. The SMILES string of the molecule is [2H]C([2H])([2H])NC(=O)c1nnc(NC(=O)C2CC2)cc1Nc1cccc(-c2ncc(CC(=O)NCCOC)s2)c1OC. The Morgan fingerprint density at radius 2 is 2.03 bits per heavy atom. The first-order valence-electron chi connectivity index (χ1n) is 13.2. The summed E-state index contributed by atoms with van der Waals surface area (Å²) in [4.78, 5) is 42.4. The number of nitrogens with one attached hydrogen (secondary N) is 4. The Morgan fingerprint density at radius 3 is 2.76 bits per heavy atom. The van der Waals surface area contributed by atoms with Crippen molar-refractivity contribution in [1.82, 2.24) is 25.8 Å². The van der Waals surface area contributed by atoms with Crippen LogP contribution in [-0.2, 0) is 20.7 Å². The van der Waals surface area contributed by atoms with E-state index in [1.807, 2.05) is 5.32 Å². The normalized spacial score (nSPS) is 14.0. The molecule has 200 valence electrons. The van der Waals surface area contributed by atoms with E-state index in [9.17, 15) is 14.4 Å². The van der Waals surface area contributed by atoms with Crippen LogP contribution >= 0.6 is 11.3 Å². The van der Waals surface area contributed by atoms with Crippen molar-refractivity contribution < 1.29 is 28.0 Å². The quantitative estimate of drug-likeness (QED) is 0.252. The van der Waals surface area contributed by atoms with Gasteiger partial charge < -0.3 is 30.7 Å². The highest BCUT2D eigenvalue weighted by atomic mass is 32.1. The Bertz CT molecular complexity index is 1430. The third-order valence-corrected chi connectivity index (χ3v) is 6.59. The molecule has 2 aromatic heterocycles. The molecule has 0 unspecified atom stereocenters. The Kier molecular flexibility index (Phi) is 7.54. The molecule has 0 saturated heterocycles. The number of nitrogens with zero attached hydrogens (tertiary/aromatic N) is 3. The Hall–Kier alpha value is -4.10. The van der Waals surface area contributed by atoms with Crippen LogP contribution in [-0.4, -0.2) is 67.2 Å². The number of amides is 3. The number of carbonyl (C=O) groups excluding carboxylic acids is 3. The smallest absolute Gasteiger partial charge is 0.273 e. The highest BCUT2D eigenvalue weighted by Gasteiger charge is 2.30. The number of rotatable bonds is 12. The van der Waals surface area contributed by atoms with Crippen molar-refractivity contribution in [2.45, 2.75) is 19.3 Å². The summed E-state index contributed by atoms with van der Waals surface area (Å²) in [5.74, 6) is -0.973. The standard InChI is InChI=1S/C25H29N7O5S/c1-26-24(35)21-18(12-19(31-32-21)30-23(34)14-7-8-14)29-17-6-4-5-16(22(17)37-3)25-28-13-15(38-25)11-20(33)27-9-10-36-2/h4-6,12-14H,7-11H2,1-3H3,(H,26,35)(H,27,33)(H2,29,30,31,34)/i1D3. The number of anilines is 3. The summed E-state index contributed by atoms with van der Waals surface area (Å²) in [6, 6.07) is 6.62. The van der Waals surface area contributed by atoms with E-state index in [-0.39, 0.29) is 41.4 Å². The van der Waals surface area contributed by atoms with Gasteiger partial charge in [-0.25, -0.2) is 4.98 Å². The zero-order valence-corrected chi connectivity index (χ0v) is 21.6. The molecule has 3 amide bonds. The highest BCUT2D eigenvalue weighted by Crippen LogP contribution is 2.40. The van der Waals surface area contributed by atoms with E-state index in [0.29, 0.717) is 35.2 Å². The third kappa shape index (κ3) is 6.61. The molecule has 1 aliphatic carbocycles. The summed E-state index contributed by atoms with van der Waals surface area (Å²) < 4.78 is 32.8. The number of hydrogen-bond acceptors (Lipinski definition) is 10. The fourth-order valence-electron chi connectivity index (χ4n) is 3.54. The number of benzene rings is 1. The minimum Gasteiger partial charge on any atom is -0.494 e. The van der Waals surface area contributed by atoms with E-state index in [0.717, 1.165) is 17.7 Å². The van der Waals surface area contributed by atoms with Crippen LogP contribution in [0.5, 0.6) is 5.75 Å². The van der Waals surface area contributed by atoms with Crippen molar-refractivity contribution in [3.8, 4) is 16.3 Å². The number of para-hydroxylation sites is 1. The first-order valence-corrected chi connectivity index (χ1v) is 12.6. The van der Waals surface area contributed by atoms with Gasteiger partial charge in [0.15, 0.2) is 17.3 Å². The third-order valence-electron chi connectivity index (χ3n) is 5.56. The molecular weight excluding hydrogens is 510 g/mol. The molecule has 0 atom stereocenters. The van der Waals surface area contributed by atoms with E-state index in [4.69, 9.17) is 13.6 Å². The highest BCUT2D eigenvalue weighted by molar-refractivity contribution is 7.15. The maximum atomic E-state index is 12.8. The molecule has 0 radical (unpaired) electrons. The van der Waals surface area contributed by atoms with Crippen LogP contribution in [0.25, 0.3) is 10.6 Å². The van der Waals surface area contributed by atoms with Gasteiger partial charge in [0, 0.05) is 47.8 Å². The van der Waals surface area contributed by atoms with Gasteiger partial charge in [-0.05, 0) is 25.0 Å². The molecule has 1 aliphatic rings. The Labute approximate surface area is 227 Å². The largest absolute Gasteiger partial charge is 0.494 e. The number of carbonyl (C=O) groups is 3. The average Bonchev–Trinajstić information content (AvgIpc) is 3.67. The summed E-state index contributed by atoms with van der Waals surface area (Å²) in [6.07, 6.45) is 3.34. The molecule has 4 N–H and O–H groups in total. The van der Waals surface area contributed by atoms with Crippen LogP contribution in [0.4, 0.5) is 17.2 Å². The molecule has 12 nitrogen and oxygen atoms in total. The molecule has 0 spiro atoms. The molecule has 1 aromatic carbocycles. The number of aromatic nitrogens is 3. The fourth-order valence-corrected chi connectivity index (χ4v) is 4.48. The van der Waals surface area contributed by atoms with Crippen LogP contribution in [0.1, 0.15) is 32.3 Å². The molecule has 13 heteroatoms. The first kappa shape index (κ1) is 23.0. The van der Waals surface area contributed by atoms with Gasteiger partial charge in [-0.1, -0.05) is 6.07 Å². The van der Waals surface area contributed by atoms with Gasteiger partial charge in [-0.2, -0.15) is 0 Å². The lowest BCUT2D eigenvalue weighted by Crippen LogP contribution is -2.28. The average molecular weight is 543 g/mol. The lowest BCUT2D eigenvalue weighted by Gasteiger charge is -2.16. The van der Waals surface area contributed by atoms with Crippen LogP contribution in [0.15, 0.2) is 30.5 Å². The first-order chi connectivity index (χ1) is 19.6. The lowest BCUT2D eigenvalue weighted by molar-refractivity contribution is -0.120.